The van der Waals surface area contributed by atoms with Gasteiger partial charge in [0.2, 0.25) is 10.0 Å². The highest BCUT2D eigenvalue weighted by Gasteiger charge is 2.24. The molecule has 1 heterocycles. The summed E-state index contributed by atoms with van der Waals surface area (Å²) in [6, 6.07) is 1.06. The molecule has 0 aliphatic carbocycles. The van der Waals surface area contributed by atoms with Crippen molar-refractivity contribution < 1.29 is 17.9 Å². The number of methoxy groups -OCH3 is 1. The molecule has 1 aromatic rings. The Bertz CT molecular complexity index is 493. The number of nitrogens with one attached hydrogen (secondary N) is 1. The molecule has 0 spiro atoms. The molecule has 0 bridgehead atoms. The maximum absolute atomic E-state index is 11.9. The highest BCUT2D eigenvalue weighted by molar-refractivity contribution is 7.89. The van der Waals surface area contributed by atoms with Gasteiger partial charge in [0.05, 0.1) is 7.11 Å². The standard InChI is InChI=1S/C9H14N2O4S2/c1-6(10)5-11-17(13,14)7-3-4-16-8(7)9(12)15-2/h3-4,6,11H,5,10H2,1-2H3. The maximum Gasteiger partial charge on any atom is 0.349 e. The average molecular weight is 278 g/mol. The quantitative estimate of drug-likeness (QED) is 0.748. The SMILES string of the molecule is COC(=O)c1sccc1S(=O)(=O)NCC(C)N. The molecule has 1 unspecified atom stereocenters. The van der Waals surface area contributed by atoms with Gasteiger partial charge in [-0.3, -0.25) is 0 Å². The predicted molar refractivity (Wildman–Crippen MR) is 64.5 cm³/mol. The number of hydrogen-bond donors (Lipinski definition) is 2. The predicted octanol–water partition coefficient (Wildman–Crippen LogP) is 0.160. The van der Waals surface area contributed by atoms with Gasteiger partial charge in [-0.2, -0.15) is 0 Å². The Hall–Kier alpha value is -0.960. The molecule has 1 aromatic heterocycles. The number of ether oxygens (including phenoxy) is 1. The van der Waals surface area contributed by atoms with Gasteiger partial charge >= 0.3 is 5.97 Å². The molecular formula is C9H14N2O4S2. The van der Waals surface area contributed by atoms with E-state index in [9.17, 15) is 13.2 Å². The number of nitrogens with two attached hydrogens (primary N) is 1. The van der Waals surface area contributed by atoms with Gasteiger partial charge in [0.15, 0.2) is 0 Å². The molecule has 0 aliphatic heterocycles. The van der Waals surface area contributed by atoms with E-state index in [0.717, 1.165) is 11.3 Å². The molecule has 0 aromatic carbocycles. The summed E-state index contributed by atoms with van der Waals surface area (Å²) in [7, 11) is -2.52. The van der Waals surface area contributed by atoms with Crippen molar-refractivity contribution in [3.8, 4) is 0 Å². The third kappa shape index (κ3) is 3.50. The third-order valence-electron chi connectivity index (χ3n) is 1.88. The Kier molecular flexibility index (Phi) is 4.63. The van der Waals surface area contributed by atoms with Crippen molar-refractivity contribution in [1.29, 1.82) is 0 Å². The van der Waals surface area contributed by atoms with E-state index in [4.69, 9.17) is 5.73 Å². The highest BCUT2D eigenvalue weighted by Crippen LogP contribution is 2.22. The van der Waals surface area contributed by atoms with E-state index < -0.39 is 16.0 Å². The van der Waals surface area contributed by atoms with Gasteiger partial charge in [-0.15, -0.1) is 11.3 Å². The topological polar surface area (TPSA) is 98.5 Å². The number of carbonyl (C=O) groups excluding carboxylic acids is 1. The van der Waals surface area contributed by atoms with Crippen molar-refractivity contribution in [3.05, 3.63) is 16.3 Å². The monoisotopic (exact) mass is 278 g/mol. The zero-order chi connectivity index (χ0) is 13.1. The number of sulfonamides is 1. The summed E-state index contributed by atoms with van der Waals surface area (Å²) >= 11 is 1.02. The number of rotatable bonds is 5. The Morgan fingerprint density at radius 2 is 2.29 bits per heavy atom. The van der Waals surface area contributed by atoms with Gasteiger partial charge in [0.1, 0.15) is 9.77 Å². The largest absolute Gasteiger partial charge is 0.465 e. The first-order valence-corrected chi connectivity index (χ1v) is 7.16. The fourth-order valence-electron chi connectivity index (χ4n) is 1.07. The van der Waals surface area contributed by atoms with Crippen molar-refractivity contribution in [2.24, 2.45) is 5.73 Å². The second-order valence-electron chi connectivity index (χ2n) is 3.43. The van der Waals surface area contributed by atoms with Gasteiger partial charge in [-0.1, -0.05) is 0 Å². The Morgan fingerprint density at radius 1 is 1.65 bits per heavy atom. The lowest BCUT2D eigenvalue weighted by molar-refractivity contribution is 0.0602. The molecule has 0 amide bonds. The molecule has 0 aliphatic rings. The third-order valence-corrected chi connectivity index (χ3v) is 4.37. The van der Waals surface area contributed by atoms with Crippen LogP contribution < -0.4 is 10.5 Å². The van der Waals surface area contributed by atoms with Crippen LogP contribution in [0, 0.1) is 0 Å². The van der Waals surface area contributed by atoms with Crippen LogP contribution in [0.5, 0.6) is 0 Å². The minimum Gasteiger partial charge on any atom is -0.465 e. The molecule has 1 rings (SSSR count). The van der Waals surface area contributed by atoms with E-state index in [2.05, 4.69) is 9.46 Å². The molecule has 0 radical (unpaired) electrons. The number of thiophene rings is 1. The summed E-state index contributed by atoms with van der Waals surface area (Å²) in [5.41, 5.74) is 5.46. The molecular weight excluding hydrogens is 264 g/mol. The molecule has 0 saturated heterocycles. The molecule has 3 N–H and O–H groups in total. The van der Waals surface area contributed by atoms with Crippen LogP contribution in [0.4, 0.5) is 0 Å². The summed E-state index contributed by atoms with van der Waals surface area (Å²) in [5.74, 6) is -0.666. The number of esters is 1. The second-order valence-corrected chi connectivity index (χ2v) is 6.09. The normalized spacial score (nSPS) is 13.4. The van der Waals surface area contributed by atoms with Crippen molar-refractivity contribution >= 4 is 27.3 Å². The Balaban J connectivity index is 2.99. The molecule has 0 fully saturated rings. The minimum absolute atomic E-state index is 0.0599. The number of hydrogen-bond acceptors (Lipinski definition) is 6. The summed E-state index contributed by atoms with van der Waals surface area (Å²) in [6.07, 6.45) is 0. The first-order valence-electron chi connectivity index (χ1n) is 4.79. The van der Waals surface area contributed by atoms with Crippen LogP contribution >= 0.6 is 11.3 Å². The zero-order valence-electron chi connectivity index (χ0n) is 9.47. The van der Waals surface area contributed by atoms with Crippen molar-refractivity contribution in [2.75, 3.05) is 13.7 Å². The fraction of sp³-hybridized carbons (Fsp3) is 0.444. The molecule has 8 heteroatoms. The summed E-state index contributed by atoms with van der Waals surface area (Å²) < 4.78 is 30.6. The second kappa shape index (κ2) is 5.58. The minimum atomic E-state index is -3.72. The van der Waals surface area contributed by atoms with Crippen molar-refractivity contribution in [1.82, 2.24) is 4.72 Å². The van der Waals surface area contributed by atoms with Crippen LogP contribution in [0.3, 0.4) is 0 Å². The van der Waals surface area contributed by atoms with E-state index in [1.165, 1.54) is 18.6 Å². The van der Waals surface area contributed by atoms with Crippen molar-refractivity contribution in [2.45, 2.75) is 17.9 Å². The fourth-order valence-corrected chi connectivity index (χ4v) is 3.55. The van der Waals surface area contributed by atoms with E-state index in [1.807, 2.05) is 0 Å². The van der Waals surface area contributed by atoms with Crippen LogP contribution in [0.25, 0.3) is 0 Å². The van der Waals surface area contributed by atoms with Gasteiger partial charge in [-0.05, 0) is 18.4 Å². The highest BCUT2D eigenvalue weighted by atomic mass is 32.2. The van der Waals surface area contributed by atoms with Gasteiger partial charge in [0, 0.05) is 12.6 Å². The Labute approximate surface area is 104 Å². The van der Waals surface area contributed by atoms with Crippen LogP contribution in [0.1, 0.15) is 16.6 Å². The molecule has 6 nitrogen and oxygen atoms in total. The van der Waals surface area contributed by atoms with Gasteiger partial charge in [-0.25, -0.2) is 17.9 Å². The summed E-state index contributed by atoms with van der Waals surface area (Å²) in [6.45, 7) is 1.79. The summed E-state index contributed by atoms with van der Waals surface area (Å²) in [5, 5.41) is 1.52. The molecule has 0 saturated carbocycles. The van der Waals surface area contributed by atoms with E-state index in [0.29, 0.717) is 0 Å². The Morgan fingerprint density at radius 3 is 2.82 bits per heavy atom. The van der Waals surface area contributed by atoms with Gasteiger partial charge < -0.3 is 10.5 Å². The van der Waals surface area contributed by atoms with Crippen molar-refractivity contribution in [3.63, 3.8) is 0 Å². The van der Waals surface area contributed by atoms with Crippen LogP contribution in [0.2, 0.25) is 0 Å². The smallest absolute Gasteiger partial charge is 0.349 e. The van der Waals surface area contributed by atoms with Crippen LogP contribution in [-0.4, -0.2) is 34.1 Å². The van der Waals surface area contributed by atoms with Crippen LogP contribution in [0.15, 0.2) is 16.3 Å². The molecule has 17 heavy (non-hydrogen) atoms. The maximum atomic E-state index is 11.9. The molecule has 96 valence electrons. The van der Waals surface area contributed by atoms with Gasteiger partial charge in [0.25, 0.3) is 0 Å². The first-order chi connectivity index (χ1) is 7.88. The van der Waals surface area contributed by atoms with Crippen LogP contribution in [-0.2, 0) is 14.8 Å². The lowest BCUT2D eigenvalue weighted by Gasteiger charge is -2.08. The number of carbonyl (C=O) groups is 1. The summed E-state index contributed by atoms with van der Waals surface area (Å²) in [4.78, 5) is 11.3. The first kappa shape index (κ1) is 14.1. The van der Waals surface area contributed by atoms with E-state index in [1.54, 1.807) is 6.92 Å². The lowest BCUT2D eigenvalue weighted by atomic mass is 10.4. The zero-order valence-corrected chi connectivity index (χ0v) is 11.1. The lowest BCUT2D eigenvalue weighted by Crippen LogP contribution is -2.35. The molecule has 1 atom stereocenters. The van der Waals surface area contributed by atoms with E-state index >= 15 is 0 Å². The van der Waals surface area contributed by atoms with E-state index in [-0.39, 0.29) is 22.4 Å². The average Bonchev–Trinajstić information content (AvgIpc) is 2.75.